The van der Waals surface area contributed by atoms with Crippen molar-refractivity contribution < 1.29 is 4.74 Å². The molecule has 5 rings (SSSR count). The number of fused-ring (bicyclic) bond motifs is 1. The maximum absolute atomic E-state index is 5.56. The summed E-state index contributed by atoms with van der Waals surface area (Å²) in [5.41, 5.74) is 7.88. The average molecular weight is 513 g/mol. The smallest absolute Gasteiger partial charge is 0.204 e. The van der Waals surface area contributed by atoms with Crippen molar-refractivity contribution in [2.75, 3.05) is 76.4 Å². The number of imidazole rings is 1. The van der Waals surface area contributed by atoms with E-state index in [1.54, 1.807) is 0 Å². The van der Waals surface area contributed by atoms with Crippen LogP contribution < -0.4 is 15.1 Å². The molecule has 0 spiro atoms. The Labute approximate surface area is 221 Å². The number of H-pyrrole nitrogens is 1. The van der Waals surface area contributed by atoms with Crippen molar-refractivity contribution in [1.29, 1.82) is 0 Å². The summed E-state index contributed by atoms with van der Waals surface area (Å²) in [4.78, 5) is 16.1. The van der Waals surface area contributed by atoms with E-state index in [2.05, 4.69) is 75.4 Å². The lowest BCUT2D eigenvalue weighted by molar-refractivity contribution is 0.122. The van der Waals surface area contributed by atoms with Crippen molar-refractivity contribution >= 4 is 35.1 Å². The Morgan fingerprint density at radius 2 is 1.86 bits per heavy atom. The first-order chi connectivity index (χ1) is 17.1. The van der Waals surface area contributed by atoms with E-state index in [9.17, 15) is 0 Å². The number of nitrogens with one attached hydrogen (secondary N) is 2. The lowest BCUT2D eigenvalue weighted by Crippen LogP contribution is -2.36. The molecule has 0 bridgehead atoms. The molecule has 7 nitrogen and oxygen atoms in total. The van der Waals surface area contributed by atoms with E-state index >= 15 is 0 Å². The van der Waals surface area contributed by atoms with Gasteiger partial charge in [0.05, 0.1) is 24.2 Å². The second-order valence-corrected chi connectivity index (χ2v) is 10.1. The zero-order valence-corrected chi connectivity index (χ0v) is 22.7. The first-order valence-corrected chi connectivity index (χ1v) is 13.1. The van der Waals surface area contributed by atoms with Crippen molar-refractivity contribution in [3.63, 3.8) is 0 Å². The molecule has 2 aromatic carbocycles. The van der Waals surface area contributed by atoms with Gasteiger partial charge in [0, 0.05) is 51.5 Å². The van der Waals surface area contributed by atoms with Crippen LogP contribution in [0.15, 0.2) is 36.4 Å². The minimum atomic E-state index is 0. The minimum absolute atomic E-state index is 0. The highest BCUT2D eigenvalue weighted by molar-refractivity contribution is 5.85. The van der Waals surface area contributed by atoms with Gasteiger partial charge in [-0.3, -0.25) is 0 Å². The highest BCUT2D eigenvalue weighted by atomic mass is 35.5. The fourth-order valence-electron chi connectivity index (χ4n) is 5.57. The number of ether oxygens (including phenoxy) is 1. The second-order valence-electron chi connectivity index (χ2n) is 10.1. The number of likely N-dealkylation sites (N-methyl/N-ethyl adjacent to an activating group) is 2. The fraction of sp³-hybridized carbons (Fsp3) is 0.536. The number of hydrogen-bond donors (Lipinski definition) is 2. The van der Waals surface area contributed by atoms with Crippen LogP contribution in [-0.4, -0.2) is 81.4 Å². The van der Waals surface area contributed by atoms with Crippen LogP contribution in [0.1, 0.15) is 35.4 Å². The Morgan fingerprint density at radius 3 is 2.58 bits per heavy atom. The van der Waals surface area contributed by atoms with Gasteiger partial charge < -0.3 is 29.7 Å². The summed E-state index contributed by atoms with van der Waals surface area (Å²) in [6.07, 6.45) is 2.31. The second kappa shape index (κ2) is 12.3. The molecule has 1 aromatic heterocycles. The number of aromatic nitrogens is 2. The predicted octanol–water partition coefficient (Wildman–Crippen LogP) is 4.16. The summed E-state index contributed by atoms with van der Waals surface area (Å²) in [5, 5.41) is 3.28. The van der Waals surface area contributed by atoms with Gasteiger partial charge in [0.25, 0.3) is 0 Å². The number of halogens is 1. The summed E-state index contributed by atoms with van der Waals surface area (Å²) < 4.78 is 5.56. The van der Waals surface area contributed by atoms with Crippen molar-refractivity contribution in [3.8, 4) is 0 Å². The topological polar surface area (TPSA) is 59.7 Å². The monoisotopic (exact) mass is 512 g/mol. The Hall–Kier alpha value is -2.32. The van der Waals surface area contributed by atoms with Crippen LogP contribution in [0.2, 0.25) is 0 Å². The molecule has 0 atom stereocenters. The number of aromatic amines is 1. The summed E-state index contributed by atoms with van der Waals surface area (Å²) in [7, 11) is 4.24. The molecule has 8 heteroatoms. The van der Waals surface area contributed by atoms with E-state index in [0.29, 0.717) is 5.92 Å². The van der Waals surface area contributed by atoms with Gasteiger partial charge in [-0.05, 0) is 74.7 Å². The molecule has 3 aromatic rings. The van der Waals surface area contributed by atoms with Gasteiger partial charge in [-0.15, -0.1) is 12.4 Å². The van der Waals surface area contributed by atoms with Gasteiger partial charge in [-0.25, -0.2) is 4.98 Å². The van der Waals surface area contributed by atoms with Gasteiger partial charge in [0.2, 0.25) is 5.95 Å². The average Bonchev–Trinajstić information content (AvgIpc) is 3.32. The SMILES string of the molecule is CNCCN(C)Cc1ccc2[nH]c(N3CCOCC3)nc2c1C1CCN(c2cccc(C)c2)CC1.Cl. The molecule has 0 radical (unpaired) electrons. The largest absolute Gasteiger partial charge is 0.378 e. The summed E-state index contributed by atoms with van der Waals surface area (Å²) in [6, 6.07) is 13.5. The van der Waals surface area contributed by atoms with Crippen molar-refractivity contribution in [2.45, 2.75) is 32.2 Å². The van der Waals surface area contributed by atoms with E-state index < -0.39 is 0 Å². The third kappa shape index (κ3) is 5.97. The van der Waals surface area contributed by atoms with Gasteiger partial charge in [0.15, 0.2) is 0 Å². The third-order valence-electron chi connectivity index (χ3n) is 7.54. The van der Waals surface area contributed by atoms with E-state index in [1.807, 2.05) is 7.05 Å². The molecule has 0 amide bonds. The Morgan fingerprint density at radius 1 is 1.08 bits per heavy atom. The number of aryl methyl sites for hydroxylation is 1. The lowest BCUT2D eigenvalue weighted by Gasteiger charge is -2.35. The minimum Gasteiger partial charge on any atom is -0.378 e. The van der Waals surface area contributed by atoms with Gasteiger partial charge in [0.1, 0.15) is 0 Å². The normalized spacial score (nSPS) is 17.1. The van der Waals surface area contributed by atoms with E-state index in [0.717, 1.165) is 83.3 Å². The Balaban J connectivity index is 0.00000304. The van der Waals surface area contributed by atoms with Crippen LogP contribution in [0.25, 0.3) is 11.0 Å². The zero-order chi connectivity index (χ0) is 24.2. The van der Waals surface area contributed by atoms with Crippen LogP contribution >= 0.6 is 12.4 Å². The molecular formula is C28H41ClN6O. The molecule has 2 saturated heterocycles. The van der Waals surface area contributed by atoms with Gasteiger partial charge in [-0.1, -0.05) is 18.2 Å². The number of anilines is 2. The molecule has 2 fully saturated rings. The van der Waals surface area contributed by atoms with Crippen molar-refractivity contribution in [2.24, 2.45) is 0 Å². The molecule has 0 aliphatic carbocycles. The lowest BCUT2D eigenvalue weighted by atomic mass is 9.85. The van der Waals surface area contributed by atoms with Crippen molar-refractivity contribution in [1.82, 2.24) is 20.2 Å². The quantitative estimate of drug-likeness (QED) is 0.472. The molecule has 3 heterocycles. The molecular weight excluding hydrogens is 472 g/mol. The first kappa shape index (κ1) is 26.7. The summed E-state index contributed by atoms with van der Waals surface area (Å²) in [5.74, 6) is 1.51. The van der Waals surface area contributed by atoms with E-state index in [-0.39, 0.29) is 12.4 Å². The maximum Gasteiger partial charge on any atom is 0.204 e. The number of rotatable bonds is 8. The third-order valence-corrected chi connectivity index (χ3v) is 7.54. The first-order valence-electron chi connectivity index (χ1n) is 13.1. The standard InChI is InChI=1S/C28H40N6O.ClH/c1-21-5-4-6-24(19-21)33-12-9-22(10-13-33)26-23(20-32(3)14-11-29-2)7-8-25-27(26)31-28(30-25)34-15-17-35-18-16-34;/h4-8,19,22,29H,9-18,20H2,1-3H3,(H,30,31);1H. The zero-order valence-electron chi connectivity index (χ0n) is 21.9. The Kier molecular flexibility index (Phi) is 9.12. The van der Waals surface area contributed by atoms with Crippen LogP contribution in [0.4, 0.5) is 11.6 Å². The molecule has 0 unspecified atom stereocenters. The van der Waals surface area contributed by atoms with Crippen LogP contribution in [0.5, 0.6) is 0 Å². The number of benzene rings is 2. The number of piperidine rings is 1. The summed E-state index contributed by atoms with van der Waals surface area (Å²) >= 11 is 0. The van der Waals surface area contributed by atoms with E-state index in [1.165, 1.54) is 27.9 Å². The highest BCUT2D eigenvalue weighted by Gasteiger charge is 2.27. The number of morpholine rings is 1. The van der Waals surface area contributed by atoms with E-state index in [4.69, 9.17) is 9.72 Å². The van der Waals surface area contributed by atoms with Crippen LogP contribution in [0, 0.1) is 6.92 Å². The van der Waals surface area contributed by atoms with Gasteiger partial charge >= 0.3 is 0 Å². The molecule has 0 saturated carbocycles. The number of hydrogen-bond acceptors (Lipinski definition) is 6. The summed E-state index contributed by atoms with van der Waals surface area (Å²) in [6.45, 7) is 10.6. The molecule has 2 aliphatic rings. The molecule has 2 N–H and O–H groups in total. The molecule has 36 heavy (non-hydrogen) atoms. The van der Waals surface area contributed by atoms with Crippen LogP contribution in [0.3, 0.4) is 0 Å². The fourth-order valence-corrected chi connectivity index (χ4v) is 5.57. The molecule has 196 valence electrons. The molecule has 2 aliphatic heterocycles. The van der Waals surface area contributed by atoms with Gasteiger partial charge in [-0.2, -0.15) is 0 Å². The van der Waals surface area contributed by atoms with Crippen molar-refractivity contribution in [3.05, 3.63) is 53.1 Å². The Bertz CT molecular complexity index is 1120. The number of nitrogens with zero attached hydrogens (tertiary/aromatic N) is 4. The predicted molar refractivity (Wildman–Crippen MR) is 152 cm³/mol. The van der Waals surface area contributed by atoms with Crippen LogP contribution in [-0.2, 0) is 11.3 Å². The highest BCUT2D eigenvalue weighted by Crippen LogP contribution is 2.37. The maximum atomic E-state index is 5.56.